The Hall–Kier alpha value is -4.35. The molecule has 2 aliphatic heterocycles. The van der Waals surface area contributed by atoms with Crippen LogP contribution in [0.25, 0.3) is 0 Å². The van der Waals surface area contributed by atoms with Gasteiger partial charge in [0.15, 0.2) is 18.3 Å². The molecule has 3 aliphatic rings. The van der Waals surface area contributed by atoms with Crippen LogP contribution in [0.4, 0.5) is 9.18 Å². The molecule has 0 radical (unpaired) electrons. The fraction of sp³-hybridized carbons (Fsp3) is 0.733. The molecule has 2 heterocycles. The number of ether oxygens (including phenoxy) is 7. The van der Waals surface area contributed by atoms with Crippen molar-refractivity contribution in [1.29, 1.82) is 0 Å². The number of halogens is 1. The predicted octanol–water partition coefficient (Wildman–Crippen LogP) is 0.629. The van der Waals surface area contributed by atoms with Gasteiger partial charge in [-0.05, 0) is 5.41 Å². The molecule has 18 heteroatoms. The maximum atomic E-state index is 17.0. The molecular weight excluding hydrogens is 647 g/mol. The zero-order chi connectivity index (χ0) is 36.7. The molecule has 0 aromatic rings. The van der Waals surface area contributed by atoms with Gasteiger partial charge in [-0.2, -0.15) is 0 Å². The van der Waals surface area contributed by atoms with E-state index in [4.69, 9.17) is 33.2 Å². The van der Waals surface area contributed by atoms with Gasteiger partial charge in [0.25, 0.3) is 5.91 Å². The van der Waals surface area contributed by atoms with E-state index in [1.807, 2.05) is 5.32 Å². The van der Waals surface area contributed by atoms with Crippen LogP contribution in [0.1, 0.15) is 68.7 Å². The number of amides is 3. The molecule has 48 heavy (non-hydrogen) atoms. The first-order valence-corrected chi connectivity index (χ1v) is 14.9. The Morgan fingerprint density at radius 3 is 1.94 bits per heavy atom. The van der Waals surface area contributed by atoms with Crippen LogP contribution in [0.2, 0.25) is 0 Å². The number of hydrogen-bond acceptors (Lipinski definition) is 15. The Labute approximate surface area is 275 Å². The van der Waals surface area contributed by atoms with E-state index < -0.39 is 120 Å². The summed E-state index contributed by atoms with van der Waals surface area (Å²) < 4.78 is 55.2. The maximum Gasteiger partial charge on any atom is 0.360 e. The molecule has 0 unspecified atom stereocenters. The second-order valence-electron chi connectivity index (χ2n) is 12.9. The highest BCUT2D eigenvalue weighted by atomic mass is 19.1. The molecule has 2 saturated heterocycles. The third-order valence-electron chi connectivity index (χ3n) is 9.38. The van der Waals surface area contributed by atoms with Crippen LogP contribution in [-0.2, 0) is 66.7 Å². The number of imide groups is 1. The van der Waals surface area contributed by atoms with E-state index >= 15 is 4.39 Å². The Morgan fingerprint density at radius 1 is 0.896 bits per heavy atom. The minimum atomic E-state index is -2.81. The molecule has 3 amide bonds. The van der Waals surface area contributed by atoms with Gasteiger partial charge in [-0.15, -0.1) is 0 Å². The number of fused-ring (bicyclic) bond motifs is 1. The summed E-state index contributed by atoms with van der Waals surface area (Å²) in [6.07, 6.45) is -9.98. The van der Waals surface area contributed by atoms with Gasteiger partial charge < -0.3 is 33.2 Å². The highest BCUT2D eigenvalue weighted by molar-refractivity contribution is 6.06. The molecule has 0 aromatic heterocycles. The van der Waals surface area contributed by atoms with Crippen LogP contribution in [-0.4, -0.2) is 114 Å². The molecule has 3 fully saturated rings. The van der Waals surface area contributed by atoms with Gasteiger partial charge in [-0.1, -0.05) is 27.7 Å². The number of esters is 6. The minimum Gasteiger partial charge on any atom is -0.465 e. The highest BCUT2D eigenvalue weighted by Gasteiger charge is 2.83. The van der Waals surface area contributed by atoms with E-state index in [0.29, 0.717) is 4.90 Å². The summed E-state index contributed by atoms with van der Waals surface area (Å²) in [5, 5.41) is 1.93. The number of nitrogens with one attached hydrogen (secondary N) is 1. The molecule has 17 nitrogen and oxygen atoms in total. The van der Waals surface area contributed by atoms with Crippen LogP contribution in [0, 0.1) is 10.8 Å². The Balaban J connectivity index is 2.39. The van der Waals surface area contributed by atoms with Crippen molar-refractivity contribution in [2.24, 2.45) is 10.8 Å². The fourth-order valence-corrected chi connectivity index (χ4v) is 6.77. The zero-order valence-electron chi connectivity index (χ0n) is 28.3. The van der Waals surface area contributed by atoms with E-state index in [1.54, 1.807) is 13.8 Å². The van der Waals surface area contributed by atoms with Crippen LogP contribution in [0.5, 0.6) is 0 Å². The predicted molar refractivity (Wildman–Crippen MR) is 154 cm³/mol. The molecule has 268 valence electrons. The van der Waals surface area contributed by atoms with E-state index in [1.165, 1.54) is 13.8 Å². The van der Waals surface area contributed by atoms with Gasteiger partial charge in [0.1, 0.15) is 18.8 Å². The number of nitrogens with zero attached hydrogens (tertiary/aromatic N) is 1. The van der Waals surface area contributed by atoms with Crippen molar-refractivity contribution >= 4 is 47.8 Å². The van der Waals surface area contributed by atoms with Gasteiger partial charge in [0.2, 0.25) is 11.4 Å². The molecular formula is C30H41FN2O15. The van der Waals surface area contributed by atoms with Gasteiger partial charge in [-0.3, -0.25) is 39.0 Å². The monoisotopic (exact) mass is 688 g/mol. The largest absolute Gasteiger partial charge is 0.465 e. The van der Waals surface area contributed by atoms with Crippen molar-refractivity contribution in [3.05, 3.63) is 0 Å². The van der Waals surface area contributed by atoms with Crippen molar-refractivity contribution < 1.29 is 75.9 Å². The van der Waals surface area contributed by atoms with Crippen molar-refractivity contribution in [2.45, 2.75) is 117 Å². The van der Waals surface area contributed by atoms with Crippen LogP contribution >= 0.6 is 0 Å². The summed E-state index contributed by atoms with van der Waals surface area (Å²) in [6, 6.07) is -3.00. The van der Waals surface area contributed by atoms with Crippen molar-refractivity contribution in [2.75, 3.05) is 13.7 Å². The summed E-state index contributed by atoms with van der Waals surface area (Å²) in [4.78, 5) is 103. The van der Waals surface area contributed by atoms with E-state index in [-0.39, 0.29) is 0 Å². The average Bonchev–Trinajstić information content (AvgIpc) is 2.95. The standard InChI is InChI=1S/C30H41FN2O15/c1-13(34)43-12-19(45-15(3)36)21(47-17(5)38)22-20(46-16(4)37)18(44-14(2)35)11-29(48-22,25(40)42-10)33-23-27(6,7)28(8,9)30(23,31)24(39)32-26(33)41/h18-23H,11-12H2,1-10H3,(H,32,39,41)/t18-,19+,20+,21-,22+,23-,29+,30-/m0/s1. The molecule has 8 atom stereocenters. The maximum absolute atomic E-state index is 17.0. The first-order chi connectivity index (χ1) is 22.0. The third-order valence-corrected chi connectivity index (χ3v) is 9.38. The number of rotatable bonds is 10. The van der Waals surface area contributed by atoms with Gasteiger partial charge in [0, 0.05) is 46.5 Å². The number of urea groups is 1. The molecule has 0 aromatic carbocycles. The molecule has 1 N–H and O–H groups in total. The van der Waals surface area contributed by atoms with Crippen LogP contribution < -0.4 is 5.32 Å². The van der Waals surface area contributed by atoms with Crippen molar-refractivity contribution in [3.63, 3.8) is 0 Å². The normalized spacial score (nSPS) is 31.4. The minimum absolute atomic E-state index is 0.636. The summed E-state index contributed by atoms with van der Waals surface area (Å²) in [5.74, 6) is -7.42. The lowest BCUT2D eigenvalue weighted by Crippen LogP contribution is -2.90. The second kappa shape index (κ2) is 13.3. The van der Waals surface area contributed by atoms with Crippen LogP contribution in [0.3, 0.4) is 0 Å². The summed E-state index contributed by atoms with van der Waals surface area (Å²) >= 11 is 0. The number of hydrogen-bond donors (Lipinski definition) is 1. The molecule has 3 rings (SSSR count). The lowest BCUT2D eigenvalue weighted by atomic mass is 9.40. The Kier molecular flexibility index (Phi) is 10.5. The molecule has 1 saturated carbocycles. The van der Waals surface area contributed by atoms with Gasteiger partial charge in [-0.25, -0.2) is 14.0 Å². The first kappa shape index (κ1) is 38.1. The smallest absolute Gasteiger partial charge is 0.360 e. The second-order valence-corrected chi connectivity index (χ2v) is 12.9. The molecule has 0 bridgehead atoms. The lowest BCUT2D eigenvalue weighted by Gasteiger charge is -2.72. The lowest BCUT2D eigenvalue weighted by molar-refractivity contribution is -0.327. The summed E-state index contributed by atoms with van der Waals surface area (Å²) in [6.45, 7) is 10.2. The third kappa shape index (κ3) is 6.28. The zero-order valence-corrected chi connectivity index (χ0v) is 28.3. The highest BCUT2D eigenvalue weighted by Crippen LogP contribution is 2.68. The SMILES string of the molecule is COC(=O)[C@@]1(N2C(=O)NC(=O)[C@@]3(F)[C@@H]2C(C)(C)C3(C)C)C[C@H](OC(C)=O)[C@@H](OC(C)=O)[C@H]([C@@H](OC(C)=O)[C@@H](COC(C)=O)OC(C)=O)O1. The number of methoxy groups -OCH3 is 1. The first-order valence-electron chi connectivity index (χ1n) is 14.9. The van der Waals surface area contributed by atoms with Gasteiger partial charge in [0.05, 0.1) is 13.2 Å². The number of carbonyl (C=O) groups is 8. The van der Waals surface area contributed by atoms with E-state index in [9.17, 15) is 38.4 Å². The Morgan fingerprint density at radius 2 is 1.46 bits per heavy atom. The van der Waals surface area contributed by atoms with E-state index in [2.05, 4.69) is 0 Å². The van der Waals surface area contributed by atoms with Gasteiger partial charge >= 0.3 is 41.8 Å². The molecule has 1 aliphatic carbocycles. The van der Waals surface area contributed by atoms with Crippen molar-refractivity contribution in [1.82, 2.24) is 10.2 Å². The average molecular weight is 689 g/mol. The van der Waals surface area contributed by atoms with E-state index in [0.717, 1.165) is 41.7 Å². The fourth-order valence-electron chi connectivity index (χ4n) is 6.77. The topological polar surface area (TPSA) is 216 Å². The molecule has 0 spiro atoms. The van der Waals surface area contributed by atoms with Crippen molar-refractivity contribution in [3.8, 4) is 0 Å². The number of carbonyl (C=O) groups excluding carboxylic acids is 8. The number of alkyl halides is 1. The summed E-state index contributed by atoms with van der Waals surface area (Å²) in [7, 11) is 0.916. The summed E-state index contributed by atoms with van der Waals surface area (Å²) in [5.41, 5.74) is -8.28. The van der Waals surface area contributed by atoms with Crippen LogP contribution in [0.15, 0.2) is 0 Å². The quantitative estimate of drug-likeness (QED) is 0.246. The Bertz CT molecular complexity index is 1400.